The molecule has 9 heteroatoms. The van der Waals surface area contributed by atoms with Gasteiger partial charge < -0.3 is 9.64 Å². The molecule has 26 heavy (non-hydrogen) atoms. The van der Waals surface area contributed by atoms with Crippen molar-refractivity contribution in [2.75, 3.05) is 18.5 Å². The molecule has 1 aliphatic carbocycles. The molecular weight excluding hydrogens is 420 g/mol. The fourth-order valence-corrected chi connectivity index (χ4v) is 4.65. The molecule has 0 bridgehead atoms. The van der Waals surface area contributed by atoms with Crippen molar-refractivity contribution < 1.29 is 14.3 Å². The molecule has 0 aromatic carbocycles. The van der Waals surface area contributed by atoms with Crippen LogP contribution >= 0.6 is 27.3 Å². The zero-order valence-corrected chi connectivity index (χ0v) is 17.6. The van der Waals surface area contributed by atoms with Crippen molar-refractivity contribution in [3.8, 4) is 0 Å². The monoisotopic (exact) mass is 444 g/mol. The fourth-order valence-electron chi connectivity index (χ4n) is 3.34. The maximum atomic E-state index is 12.7. The van der Waals surface area contributed by atoms with Gasteiger partial charge in [0.2, 0.25) is 5.13 Å². The van der Waals surface area contributed by atoms with Crippen LogP contribution in [0.2, 0.25) is 0 Å². The Hall–Kier alpha value is -1.22. The fraction of sp³-hybridized carbons (Fsp3) is 0.765. The zero-order valence-electron chi connectivity index (χ0n) is 15.2. The first-order valence-corrected chi connectivity index (χ1v) is 10.9. The van der Waals surface area contributed by atoms with E-state index < -0.39 is 6.23 Å². The third kappa shape index (κ3) is 4.36. The maximum absolute atomic E-state index is 12.7. The minimum atomic E-state index is -0.618. The van der Waals surface area contributed by atoms with Gasteiger partial charge in [-0.3, -0.25) is 4.79 Å². The van der Waals surface area contributed by atoms with Crippen LogP contribution in [-0.2, 0) is 9.53 Å². The Morgan fingerprint density at radius 3 is 2.77 bits per heavy atom. The lowest BCUT2D eigenvalue weighted by Gasteiger charge is -2.37. The Morgan fingerprint density at radius 1 is 1.35 bits per heavy atom. The molecule has 1 aromatic rings. The number of hydrogen-bond donors (Lipinski definition) is 0. The molecule has 3 rings (SSSR count). The van der Waals surface area contributed by atoms with Gasteiger partial charge >= 0.3 is 12.0 Å². The molecule has 2 aliphatic rings. The molecule has 1 aliphatic heterocycles. The van der Waals surface area contributed by atoms with Gasteiger partial charge in [-0.1, -0.05) is 47.0 Å². The number of hydrogen-bond acceptors (Lipinski definition) is 6. The van der Waals surface area contributed by atoms with Gasteiger partial charge in [0.25, 0.3) is 0 Å². The number of alkyl halides is 1. The molecule has 144 valence electrons. The van der Waals surface area contributed by atoms with E-state index in [1.165, 1.54) is 29.1 Å². The standard InChI is InChI=1S/C17H25BrN4O3S/c1-3-12(18)10-14(23)25-13-8-9-21(2)17(24)22(13)16-20-19-15(26-16)11-6-4-5-7-11/h11-13H,3-10H2,1-2H3. The van der Waals surface area contributed by atoms with E-state index in [1.807, 2.05) is 6.92 Å². The molecule has 2 unspecified atom stereocenters. The van der Waals surface area contributed by atoms with Crippen LogP contribution in [0.1, 0.15) is 62.8 Å². The predicted molar refractivity (Wildman–Crippen MR) is 104 cm³/mol. The molecule has 1 saturated carbocycles. The van der Waals surface area contributed by atoms with Gasteiger partial charge in [0, 0.05) is 30.8 Å². The summed E-state index contributed by atoms with van der Waals surface area (Å²) in [6.45, 7) is 2.55. The third-order valence-corrected chi connectivity index (χ3v) is 7.03. The quantitative estimate of drug-likeness (QED) is 0.491. The molecule has 1 saturated heterocycles. The van der Waals surface area contributed by atoms with Crippen LogP contribution in [-0.4, -0.2) is 51.7 Å². The lowest BCUT2D eigenvalue weighted by atomic mass is 10.1. The molecular formula is C17H25BrN4O3S. The topological polar surface area (TPSA) is 75.6 Å². The summed E-state index contributed by atoms with van der Waals surface area (Å²) in [6.07, 6.45) is 5.76. The molecule has 1 aromatic heterocycles. The first kappa shape index (κ1) is 19.5. The Bertz CT molecular complexity index is 650. The summed E-state index contributed by atoms with van der Waals surface area (Å²) in [6, 6.07) is -0.200. The maximum Gasteiger partial charge on any atom is 0.329 e. The summed E-state index contributed by atoms with van der Waals surface area (Å²) in [4.78, 5) is 28.1. The number of esters is 1. The van der Waals surface area contributed by atoms with Crippen LogP contribution in [0.5, 0.6) is 0 Å². The molecule has 0 N–H and O–H groups in total. The number of aromatic nitrogens is 2. The van der Waals surface area contributed by atoms with E-state index in [0.717, 1.165) is 24.3 Å². The number of anilines is 1. The van der Waals surface area contributed by atoms with Gasteiger partial charge in [-0.15, -0.1) is 10.2 Å². The van der Waals surface area contributed by atoms with Crippen molar-refractivity contribution in [1.82, 2.24) is 15.1 Å². The van der Waals surface area contributed by atoms with Crippen molar-refractivity contribution in [2.24, 2.45) is 0 Å². The molecule has 2 heterocycles. The van der Waals surface area contributed by atoms with Crippen LogP contribution in [0.15, 0.2) is 0 Å². The Morgan fingerprint density at radius 2 is 2.08 bits per heavy atom. The number of rotatable bonds is 6. The van der Waals surface area contributed by atoms with E-state index in [1.54, 1.807) is 11.9 Å². The zero-order chi connectivity index (χ0) is 18.7. The largest absolute Gasteiger partial charge is 0.441 e. The van der Waals surface area contributed by atoms with E-state index in [-0.39, 0.29) is 23.2 Å². The van der Waals surface area contributed by atoms with Crippen LogP contribution in [0.3, 0.4) is 0 Å². The second-order valence-corrected chi connectivity index (χ2v) is 9.20. The lowest BCUT2D eigenvalue weighted by Crippen LogP contribution is -2.54. The highest BCUT2D eigenvalue weighted by molar-refractivity contribution is 9.09. The lowest BCUT2D eigenvalue weighted by molar-refractivity contribution is -0.149. The van der Waals surface area contributed by atoms with Crippen LogP contribution < -0.4 is 4.90 Å². The van der Waals surface area contributed by atoms with Gasteiger partial charge in [-0.2, -0.15) is 0 Å². The van der Waals surface area contributed by atoms with E-state index in [2.05, 4.69) is 26.1 Å². The summed E-state index contributed by atoms with van der Waals surface area (Å²) in [5.41, 5.74) is 0. The summed E-state index contributed by atoms with van der Waals surface area (Å²) >= 11 is 4.90. The van der Waals surface area contributed by atoms with E-state index in [9.17, 15) is 9.59 Å². The summed E-state index contributed by atoms with van der Waals surface area (Å²) in [5, 5.41) is 10.1. The van der Waals surface area contributed by atoms with E-state index in [0.29, 0.717) is 24.0 Å². The first-order valence-electron chi connectivity index (χ1n) is 9.20. The van der Waals surface area contributed by atoms with Gasteiger partial charge in [-0.05, 0) is 19.3 Å². The van der Waals surface area contributed by atoms with Gasteiger partial charge in [0.05, 0.1) is 6.42 Å². The Labute approximate surface area is 166 Å². The van der Waals surface area contributed by atoms with Crippen molar-refractivity contribution in [3.63, 3.8) is 0 Å². The first-order chi connectivity index (χ1) is 12.5. The number of nitrogens with zero attached hydrogens (tertiary/aromatic N) is 4. The van der Waals surface area contributed by atoms with Crippen molar-refractivity contribution >= 4 is 44.4 Å². The van der Waals surface area contributed by atoms with Crippen molar-refractivity contribution in [1.29, 1.82) is 0 Å². The molecule has 2 amide bonds. The molecule has 7 nitrogen and oxygen atoms in total. The molecule has 0 spiro atoms. The third-order valence-electron chi connectivity index (χ3n) is 4.97. The average molecular weight is 445 g/mol. The number of ether oxygens (including phenoxy) is 1. The minimum absolute atomic E-state index is 0.0842. The molecule has 2 fully saturated rings. The summed E-state index contributed by atoms with van der Waals surface area (Å²) in [5.74, 6) is 0.139. The Balaban J connectivity index is 1.75. The summed E-state index contributed by atoms with van der Waals surface area (Å²) in [7, 11) is 1.75. The number of halogens is 1. The van der Waals surface area contributed by atoms with Crippen molar-refractivity contribution in [3.05, 3.63) is 5.01 Å². The SMILES string of the molecule is CCC(Br)CC(=O)OC1CCN(C)C(=O)N1c1nnc(C2CCCC2)s1. The number of amides is 2. The van der Waals surface area contributed by atoms with E-state index >= 15 is 0 Å². The average Bonchev–Trinajstić information content (AvgIpc) is 3.29. The van der Waals surface area contributed by atoms with Gasteiger partial charge in [0.15, 0.2) is 6.23 Å². The minimum Gasteiger partial charge on any atom is -0.441 e. The number of carbonyl (C=O) groups is 2. The number of carbonyl (C=O) groups excluding carboxylic acids is 2. The smallest absolute Gasteiger partial charge is 0.329 e. The predicted octanol–water partition coefficient (Wildman–Crippen LogP) is 3.89. The van der Waals surface area contributed by atoms with Crippen LogP contribution in [0.4, 0.5) is 9.93 Å². The van der Waals surface area contributed by atoms with E-state index in [4.69, 9.17) is 4.74 Å². The van der Waals surface area contributed by atoms with Crippen molar-refractivity contribution in [2.45, 2.75) is 68.8 Å². The highest BCUT2D eigenvalue weighted by atomic mass is 79.9. The van der Waals surface area contributed by atoms with Crippen LogP contribution in [0.25, 0.3) is 0 Å². The second kappa shape index (κ2) is 8.65. The normalized spacial score (nSPS) is 22.7. The number of urea groups is 1. The highest BCUT2D eigenvalue weighted by Gasteiger charge is 2.38. The molecule has 0 radical (unpaired) electrons. The molecule has 2 atom stereocenters. The van der Waals surface area contributed by atoms with Gasteiger partial charge in [0.1, 0.15) is 5.01 Å². The summed E-state index contributed by atoms with van der Waals surface area (Å²) < 4.78 is 5.63. The Kier molecular flexibility index (Phi) is 6.50. The van der Waals surface area contributed by atoms with Crippen LogP contribution in [0, 0.1) is 0 Å². The highest BCUT2D eigenvalue weighted by Crippen LogP contribution is 2.38. The van der Waals surface area contributed by atoms with Gasteiger partial charge in [-0.25, -0.2) is 9.69 Å². The second-order valence-electron chi connectivity index (χ2n) is 6.92.